The van der Waals surface area contributed by atoms with E-state index in [4.69, 9.17) is 11.6 Å². The quantitative estimate of drug-likeness (QED) is 0.417. The molecule has 0 aliphatic heterocycles. The van der Waals surface area contributed by atoms with Crippen molar-refractivity contribution in [2.75, 3.05) is 0 Å². The summed E-state index contributed by atoms with van der Waals surface area (Å²) in [7, 11) is 0. The summed E-state index contributed by atoms with van der Waals surface area (Å²) >= 11 is 6.27. The second kappa shape index (κ2) is 11.2. The molecule has 0 amide bonds. The van der Waals surface area contributed by atoms with Gasteiger partial charge in [0.15, 0.2) is 5.78 Å². The number of hydrogen-bond acceptors (Lipinski definition) is 3. The van der Waals surface area contributed by atoms with Gasteiger partial charge < -0.3 is 10.2 Å². The van der Waals surface area contributed by atoms with Crippen molar-refractivity contribution in [3.8, 4) is 0 Å². The highest BCUT2D eigenvalue weighted by Gasteiger charge is 2.40. The minimum absolute atomic E-state index is 0.0300. The number of Topliss-reactive ketones (excluding diaryl/α,β-unsaturated/α-hetero) is 1. The average Bonchev–Trinajstić information content (AvgIpc) is 3.06. The third kappa shape index (κ3) is 6.58. The van der Waals surface area contributed by atoms with Gasteiger partial charge in [-0.05, 0) is 106 Å². The van der Waals surface area contributed by atoms with Gasteiger partial charge in [-0.15, -0.1) is 11.6 Å². The zero-order valence-corrected chi connectivity index (χ0v) is 20.7. The molecule has 2 N–H and O–H groups in total. The Morgan fingerprint density at radius 2 is 1.84 bits per heavy atom. The fourth-order valence-corrected chi connectivity index (χ4v) is 6.74. The molecule has 2 saturated carbocycles. The summed E-state index contributed by atoms with van der Waals surface area (Å²) in [5, 5.41) is 22.4. The number of halogens is 1. The molecule has 3 aliphatic carbocycles. The van der Waals surface area contributed by atoms with E-state index < -0.39 is 5.60 Å². The lowest BCUT2D eigenvalue weighted by molar-refractivity contribution is -0.121. The van der Waals surface area contributed by atoms with E-state index in [1.54, 1.807) is 0 Å². The molecule has 5 atom stereocenters. The first kappa shape index (κ1) is 25.2. The molecule has 0 aromatic heterocycles. The van der Waals surface area contributed by atoms with E-state index in [2.05, 4.69) is 26.8 Å². The molecule has 3 rings (SSSR count). The minimum Gasteiger partial charge on any atom is -0.393 e. The first-order chi connectivity index (χ1) is 14.7. The van der Waals surface area contributed by atoms with Crippen molar-refractivity contribution >= 4 is 17.4 Å². The van der Waals surface area contributed by atoms with Crippen LogP contribution in [-0.2, 0) is 4.79 Å². The van der Waals surface area contributed by atoms with E-state index in [1.807, 2.05) is 0 Å². The maximum atomic E-state index is 13.5. The molecule has 0 aromatic carbocycles. The molecule has 4 heteroatoms. The van der Waals surface area contributed by atoms with Crippen molar-refractivity contribution in [3.63, 3.8) is 0 Å². The molecule has 0 bridgehead atoms. The zero-order valence-electron chi connectivity index (χ0n) is 20.0. The lowest BCUT2D eigenvalue weighted by Gasteiger charge is -2.39. The fraction of sp³-hybridized carbons (Fsp3) is 0.889. The van der Waals surface area contributed by atoms with Gasteiger partial charge in [-0.1, -0.05) is 33.3 Å². The third-order valence-corrected chi connectivity index (χ3v) is 9.16. The number of carbonyl (C=O) groups excluding carboxylic acids is 1. The van der Waals surface area contributed by atoms with Crippen LogP contribution in [0, 0.1) is 29.6 Å². The van der Waals surface area contributed by atoms with Gasteiger partial charge in [-0.3, -0.25) is 4.79 Å². The van der Waals surface area contributed by atoms with Crippen LogP contribution in [0.25, 0.3) is 0 Å². The van der Waals surface area contributed by atoms with Gasteiger partial charge in [0.2, 0.25) is 0 Å². The molecule has 0 heterocycles. The third-order valence-electron chi connectivity index (χ3n) is 8.72. The number of ketones is 1. The molecule has 0 spiro atoms. The van der Waals surface area contributed by atoms with Gasteiger partial charge in [-0.25, -0.2) is 0 Å². The second-order valence-electron chi connectivity index (χ2n) is 11.4. The van der Waals surface area contributed by atoms with Crippen molar-refractivity contribution in [1.29, 1.82) is 0 Å². The second-order valence-corrected chi connectivity index (χ2v) is 12.0. The van der Waals surface area contributed by atoms with E-state index in [0.29, 0.717) is 24.7 Å². The van der Waals surface area contributed by atoms with Gasteiger partial charge in [0.25, 0.3) is 0 Å². The maximum absolute atomic E-state index is 13.5. The van der Waals surface area contributed by atoms with Gasteiger partial charge in [0.1, 0.15) is 0 Å². The smallest absolute Gasteiger partial charge is 0.161 e. The SMILES string of the molecule is CC(C)[C@@H](CCC(O)C1CC[C@H](C)C1)C(=O)C1=CCCC(O)(C2CCC(Cl)CC2)CC1. The highest BCUT2D eigenvalue weighted by molar-refractivity contribution is 6.20. The molecule has 3 unspecified atom stereocenters. The van der Waals surface area contributed by atoms with Gasteiger partial charge >= 0.3 is 0 Å². The number of allylic oxidation sites excluding steroid dienone is 2. The summed E-state index contributed by atoms with van der Waals surface area (Å²) in [4.78, 5) is 13.5. The summed E-state index contributed by atoms with van der Waals surface area (Å²) in [5.41, 5.74) is 0.266. The Balaban J connectivity index is 1.56. The standard InChI is InChI=1S/C27H45ClO3/c1-18(2)24(12-13-25(29)21-7-6-19(3)17-21)26(30)20-5-4-15-27(31,16-14-20)22-8-10-23(28)11-9-22/h5,18-19,21-25,29,31H,4,6-17H2,1-3H3/t19-,21?,22?,23?,24+,25?,27?/m0/s1. The highest BCUT2D eigenvalue weighted by atomic mass is 35.5. The first-order valence-electron chi connectivity index (χ1n) is 13.0. The summed E-state index contributed by atoms with van der Waals surface area (Å²) in [6.07, 6.45) is 13.7. The van der Waals surface area contributed by atoms with Crippen molar-refractivity contribution in [1.82, 2.24) is 0 Å². The Morgan fingerprint density at radius 1 is 1.13 bits per heavy atom. The lowest BCUT2D eigenvalue weighted by atomic mass is 9.72. The Morgan fingerprint density at radius 3 is 2.45 bits per heavy atom. The minimum atomic E-state index is -0.655. The molecule has 0 aromatic rings. The van der Waals surface area contributed by atoms with E-state index >= 15 is 0 Å². The molecular formula is C27H45ClO3. The van der Waals surface area contributed by atoms with Crippen molar-refractivity contribution in [2.45, 2.75) is 121 Å². The monoisotopic (exact) mass is 452 g/mol. The number of aliphatic hydroxyl groups excluding tert-OH is 1. The number of carbonyl (C=O) groups is 1. The molecule has 3 nitrogen and oxygen atoms in total. The molecule has 31 heavy (non-hydrogen) atoms. The van der Waals surface area contributed by atoms with Gasteiger partial charge in [-0.2, -0.15) is 0 Å². The van der Waals surface area contributed by atoms with E-state index in [1.165, 1.54) is 6.42 Å². The van der Waals surface area contributed by atoms with Crippen molar-refractivity contribution in [2.24, 2.45) is 29.6 Å². The summed E-state index contributed by atoms with van der Waals surface area (Å²) in [6, 6.07) is 0. The predicted molar refractivity (Wildman–Crippen MR) is 128 cm³/mol. The Labute approximate surface area is 195 Å². The average molecular weight is 453 g/mol. The van der Waals surface area contributed by atoms with Crippen molar-refractivity contribution in [3.05, 3.63) is 11.6 Å². The lowest BCUT2D eigenvalue weighted by Crippen LogP contribution is -2.40. The van der Waals surface area contributed by atoms with E-state index in [-0.39, 0.29) is 29.1 Å². The number of hydrogen-bond donors (Lipinski definition) is 2. The Kier molecular flexibility index (Phi) is 9.09. The van der Waals surface area contributed by atoms with Crippen LogP contribution < -0.4 is 0 Å². The molecule has 3 aliphatic rings. The first-order valence-corrected chi connectivity index (χ1v) is 13.4. The van der Waals surface area contributed by atoms with Crippen LogP contribution in [0.3, 0.4) is 0 Å². The van der Waals surface area contributed by atoms with Crippen LogP contribution in [0.1, 0.15) is 104 Å². The summed E-state index contributed by atoms with van der Waals surface area (Å²) in [6.45, 7) is 6.53. The summed E-state index contributed by atoms with van der Waals surface area (Å²) in [5.74, 6) is 1.94. The molecule has 0 saturated heterocycles. The molecule has 2 fully saturated rings. The number of aliphatic hydroxyl groups is 2. The molecular weight excluding hydrogens is 408 g/mol. The Hall–Kier alpha value is -0.380. The van der Waals surface area contributed by atoms with E-state index in [9.17, 15) is 15.0 Å². The van der Waals surface area contributed by atoms with E-state index in [0.717, 1.165) is 75.7 Å². The van der Waals surface area contributed by atoms with Crippen LogP contribution in [0.2, 0.25) is 0 Å². The van der Waals surface area contributed by atoms with Crippen LogP contribution in [0.4, 0.5) is 0 Å². The van der Waals surface area contributed by atoms with Crippen LogP contribution >= 0.6 is 11.6 Å². The van der Waals surface area contributed by atoms with Gasteiger partial charge in [0.05, 0.1) is 11.7 Å². The van der Waals surface area contributed by atoms with Gasteiger partial charge in [0, 0.05) is 11.3 Å². The topological polar surface area (TPSA) is 57.5 Å². The van der Waals surface area contributed by atoms with Crippen molar-refractivity contribution < 1.29 is 15.0 Å². The fourth-order valence-electron chi connectivity index (χ4n) is 6.49. The normalized spacial score (nSPS) is 36.7. The molecule has 0 radical (unpaired) electrons. The highest BCUT2D eigenvalue weighted by Crippen LogP contribution is 2.42. The number of rotatable bonds is 8. The number of alkyl halides is 1. The Bertz CT molecular complexity index is 622. The van der Waals surface area contributed by atoms with Crippen LogP contribution in [0.15, 0.2) is 11.6 Å². The summed E-state index contributed by atoms with van der Waals surface area (Å²) < 4.78 is 0. The largest absolute Gasteiger partial charge is 0.393 e. The molecule has 178 valence electrons. The zero-order chi connectivity index (χ0) is 22.6. The van der Waals surface area contributed by atoms with Crippen LogP contribution in [0.5, 0.6) is 0 Å². The van der Waals surface area contributed by atoms with Crippen LogP contribution in [-0.4, -0.2) is 33.1 Å². The maximum Gasteiger partial charge on any atom is 0.161 e. The predicted octanol–water partition coefficient (Wildman–Crippen LogP) is 6.43.